The summed E-state index contributed by atoms with van der Waals surface area (Å²) < 4.78 is 0. The first-order chi connectivity index (χ1) is 6.72. The van der Waals surface area contributed by atoms with Gasteiger partial charge in [-0.25, -0.2) is 9.80 Å². The molecule has 80 valence electrons. The molecule has 1 heterocycles. The smallest absolute Gasteiger partial charge is 0.321 e. The zero-order valence-electron chi connectivity index (χ0n) is 8.30. The molecule has 3 N–H and O–H groups in total. The summed E-state index contributed by atoms with van der Waals surface area (Å²) in [6, 6.07) is -0.454. The molecule has 1 fully saturated rings. The highest BCUT2D eigenvalue weighted by Crippen LogP contribution is 1.96. The minimum Gasteiger partial charge on any atom is -0.341 e. The fourth-order valence-corrected chi connectivity index (χ4v) is 1.27. The van der Waals surface area contributed by atoms with Crippen molar-refractivity contribution >= 4 is 11.9 Å². The molecule has 0 unspecified atom stereocenters. The van der Waals surface area contributed by atoms with Gasteiger partial charge in [-0.1, -0.05) is 0 Å². The van der Waals surface area contributed by atoms with Crippen LogP contribution in [0.3, 0.4) is 0 Å². The zero-order chi connectivity index (χ0) is 10.4. The van der Waals surface area contributed by atoms with Crippen LogP contribution < -0.4 is 16.1 Å². The third-order valence-electron chi connectivity index (χ3n) is 2.03. The van der Waals surface area contributed by atoms with Crippen LogP contribution in [0.5, 0.6) is 0 Å². The summed E-state index contributed by atoms with van der Waals surface area (Å²) in [5.41, 5.74) is 3.13. The van der Waals surface area contributed by atoms with Crippen LogP contribution in [0.2, 0.25) is 0 Å². The monoisotopic (exact) mass is 200 g/mol. The van der Waals surface area contributed by atoms with Crippen molar-refractivity contribution in [2.75, 3.05) is 26.7 Å². The van der Waals surface area contributed by atoms with Crippen molar-refractivity contribution < 1.29 is 9.59 Å². The average Bonchev–Trinajstić information content (AvgIpc) is 2.67. The molecule has 3 amide bonds. The van der Waals surface area contributed by atoms with Gasteiger partial charge in [-0.2, -0.15) is 0 Å². The van der Waals surface area contributed by atoms with E-state index in [1.807, 2.05) is 5.01 Å². The standard InChI is InChI=1S/C8H16N4O2/c1-9-8(14)11-7(13)3-6-12-5-2-4-10-12/h10H,2-6H2,1H3,(H2,9,11,13,14). The lowest BCUT2D eigenvalue weighted by Crippen LogP contribution is -2.40. The number of hydrazine groups is 1. The van der Waals surface area contributed by atoms with Crippen LogP contribution in [-0.2, 0) is 4.79 Å². The Balaban J connectivity index is 2.11. The van der Waals surface area contributed by atoms with Crippen LogP contribution >= 0.6 is 0 Å². The molecule has 0 spiro atoms. The molecule has 1 rings (SSSR count). The molecule has 1 aliphatic heterocycles. The minimum atomic E-state index is -0.454. The quantitative estimate of drug-likeness (QED) is 0.549. The van der Waals surface area contributed by atoms with Gasteiger partial charge in [0.25, 0.3) is 0 Å². The second-order valence-electron chi connectivity index (χ2n) is 3.13. The molecule has 14 heavy (non-hydrogen) atoms. The molecule has 0 aliphatic carbocycles. The van der Waals surface area contributed by atoms with E-state index in [9.17, 15) is 9.59 Å². The molecular formula is C8H16N4O2. The Bertz CT molecular complexity index is 213. The van der Waals surface area contributed by atoms with Crippen LogP contribution in [0.1, 0.15) is 12.8 Å². The lowest BCUT2D eigenvalue weighted by molar-refractivity contribution is -0.120. The van der Waals surface area contributed by atoms with Gasteiger partial charge >= 0.3 is 6.03 Å². The van der Waals surface area contributed by atoms with Crippen LogP contribution in [0.25, 0.3) is 0 Å². The molecule has 0 bridgehead atoms. The maximum absolute atomic E-state index is 11.1. The van der Waals surface area contributed by atoms with Crippen molar-refractivity contribution in [3.05, 3.63) is 0 Å². The number of hydrogen-bond donors (Lipinski definition) is 3. The third-order valence-corrected chi connectivity index (χ3v) is 2.03. The van der Waals surface area contributed by atoms with Crippen molar-refractivity contribution in [1.82, 2.24) is 21.1 Å². The van der Waals surface area contributed by atoms with Crippen LogP contribution in [-0.4, -0.2) is 43.6 Å². The molecule has 0 atom stereocenters. The first-order valence-electron chi connectivity index (χ1n) is 4.72. The molecule has 1 aliphatic rings. The van der Waals surface area contributed by atoms with Crippen molar-refractivity contribution in [2.45, 2.75) is 12.8 Å². The lowest BCUT2D eigenvalue weighted by atomic mass is 10.4. The summed E-state index contributed by atoms with van der Waals surface area (Å²) in [5, 5.41) is 6.52. The van der Waals surface area contributed by atoms with Gasteiger partial charge in [0.15, 0.2) is 0 Å². The van der Waals surface area contributed by atoms with E-state index in [1.165, 1.54) is 7.05 Å². The highest BCUT2D eigenvalue weighted by atomic mass is 16.2. The number of carbonyl (C=O) groups is 2. The van der Waals surface area contributed by atoms with Crippen molar-refractivity contribution in [2.24, 2.45) is 0 Å². The molecule has 0 aromatic rings. The van der Waals surface area contributed by atoms with E-state index in [1.54, 1.807) is 0 Å². The molecule has 1 saturated heterocycles. The first kappa shape index (κ1) is 10.9. The molecule has 0 aromatic carbocycles. The molecule has 6 heteroatoms. The van der Waals surface area contributed by atoms with Crippen LogP contribution in [0.15, 0.2) is 0 Å². The van der Waals surface area contributed by atoms with Gasteiger partial charge in [-0.05, 0) is 6.42 Å². The lowest BCUT2D eigenvalue weighted by Gasteiger charge is -2.13. The van der Waals surface area contributed by atoms with Crippen molar-refractivity contribution in [3.8, 4) is 0 Å². The Morgan fingerprint density at radius 1 is 1.50 bits per heavy atom. The van der Waals surface area contributed by atoms with E-state index in [0.717, 1.165) is 19.5 Å². The summed E-state index contributed by atoms with van der Waals surface area (Å²) in [4.78, 5) is 21.9. The Morgan fingerprint density at radius 3 is 2.86 bits per heavy atom. The summed E-state index contributed by atoms with van der Waals surface area (Å²) in [6.45, 7) is 2.58. The maximum Gasteiger partial charge on any atom is 0.321 e. The number of urea groups is 1. The second-order valence-corrected chi connectivity index (χ2v) is 3.13. The Hall–Kier alpha value is -1.14. The van der Waals surface area contributed by atoms with E-state index < -0.39 is 6.03 Å². The predicted octanol–water partition coefficient (Wildman–Crippen LogP) is -0.958. The zero-order valence-corrected chi connectivity index (χ0v) is 8.30. The minimum absolute atomic E-state index is 0.252. The van der Waals surface area contributed by atoms with E-state index in [4.69, 9.17) is 0 Å². The second kappa shape index (κ2) is 5.56. The third kappa shape index (κ3) is 3.71. The normalized spacial score (nSPS) is 16.6. The maximum atomic E-state index is 11.1. The largest absolute Gasteiger partial charge is 0.341 e. The summed E-state index contributed by atoms with van der Waals surface area (Å²) in [6.07, 6.45) is 1.44. The van der Waals surface area contributed by atoms with E-state index in [2.05, 4.69) is 16.1 Å². The molecular weight excluding hydrogens is 184 g/mol. The SMILES string of the molecule is CNC(=O)NC(=O)CCN1CCCN1. The van der Waals surface area contributed by atoms with Gasteiger partial charge in [0, 0.05) is 33.1 Å². The van der Waals surface area contributed by atoms with Gasteiger partial charge in [0.2, 0.25) is 5.91 Å². The van der Waals surface area contributed by atoms with Gasteiger partial charge in [0.1, 0.15) is 0 Å². The van der Waals surface area contributed by atoms with Gasteiger partial charge < -0.3 is 5.32 Å². The Kier molecular flexibility index (Phi) is 4.34. The van der Waals surface area contributed by atoms with Crippen LogP contribution in [0, 0.1) is 0 Å². The van der Waals surface area contributed by atoms with Crippen molar-refractivity contribution in [1.29, 1.82) is 0 Å². The van der Waals surface area contributed by atoms with Crippen LogP contribution in [0.4, 0.5) is 4.79 Å². The highest BCUT2D eigenvalue weighted by molar-refractivity contribution is 5.94. The predicted molar refractivity (Wildman–Crippen MR) is 51.4 cm³/mol. The van der Waals surface area contributed by atoms with Gasteiger partial charge in [-0.3, -0.25) is 15.5 Å². The number of nitrogens with one attached hydrogen (secondary N) is 3. The molecule has 0 radical (unpaired) electrons. The fourth-order valence-electron chi connectivity index (χ4n) is 1.27. The van der Waals surface area contributed by atoms with Gasteiger partial charge in [0.05, 0.1) is 0 Å². The summed E-state index contributed by atoms with van der Waals surface area (Å²) in [5.74, 6) is -0.252. The molecule has 6 nitrogen and oxygen atoms in total. The number of nitrogens with zero attached hydrogens (tertiary/aromatic N) is 1. The molecule has 0 aromatic heterocycles. The number of rotatable bonds is 3. The fraction of sp³-hybridized carbons (Fsp3) is 0.750. The number of carbonyl (C=O) groups excluding carboxylic acids is 2. The Labute approximate surface area is 83.0 Å². The number of imide groups is 1. The van der Waals surface area contributed by atoms with E-state index >= 15 is 0 Å². The Morgan fingerprint density at radius 2 is 2.29 bits per heavy atom. The highest BCUT2D eigenvalue weighted by Gasteiger charge is 2.12. The topological polar surface area (TPSA) is 73.5 Å². The van der Waals surface area contributed by atoms with E-state index in [0.29, 0.717) is 13.0 Å². The van der Waals surface area contributed by atoms with E-state index in [-0.39, 0.29) is 5.91 Å². The summed E-state index contributed by atoms with van der Waals surface area (Å²) >= 11 is 0. The van der Waals surface area contributed by atoms with Crippen molar-refractivity contribution in [3.63, 3.8) is 0 Å². The molecule has 0 saturated carbocycles. The summed E-state index contributed by atoms with van der Waals surface area (Å²) in [7, 11) is 1.48. The number of hydrogen-bond acceptors (Lipinski definition) is 4. The number of amides is 3. The first-order valence-corrected chi connectivity index (χ1v) is 4.72. The average molecular weight is 200 g/mol. The van der Waals surface area contributed by atoms with Gasteiger partial charge in [-0.15, -0.1) is 0 Å².